The van der Waals surface area contributed by atoms with Gasteiger partial charge in [0.05, 0.1) is 25.3 Å². The van der Waals surface area contributed by atoms with E-state index in [4.69, 9.17) is 28.4 Å². The standard InChI is InChI=1S/2C24H26N2O4.H2O/c2*1-28-21-10-4-5-11-22(21)29-14-13-25-15-17(27)16-30-23-12-6-9-20-24(23)18-7-2-3-8-19(18)26-20;/h2*2-12,17,25-27H,13-16H2,1H3;1H2/t2*17-;/m10./s1. The molecule has 0 aliphatic heterocycles. The summed E-state index contributed by atoms with van der Waals surface area (Å²) in [6.45, 7) is 3.40. The van der Waals surface area contributed by atoms with E-state index in [1.807, 2.05) is 121 Å². The number of aliphatic hydroxyl groups is 2. The molecule has 8 rings (SSSR count). The molecule has 8 N–H and O–H groups in total. The van der Waals surface area contributed by atoms with Gasteiger partial charge in [0, 0.05) is 58.8 Å². The summed E-state index contributed by atoms with van der Waals surface area (Å²) in [4.78, 5) is 6.80. The number of rotatable bonds is 20. The summed E-state index contributed by atoms with van der Waals surface area (Å²) in [7, 11) is 3.24. The number of hydrogen-bond acceptors (Lipinski definition) is 10. The minimum atomic E-state index is -0.628. The first-order valence-electron chi connectivity index (χ1n) is 20.1. The molecule has 0 fully saturated rings. The molecule has 6 aromatic carbocycles. The Kier molecular flexibility index (Phi) is 16.1. The van der Waals surface area contributed by atoms with Crippen LogP contribution in [0.5, 0.6) is 34.5 Å². The molecule has 0 bridgehead atoms. The van der Waals surface area contributed by atoms with Crippen LogP contribution in [0, 0.1) is 0 Å². The van der Waals surface area contributed by atoms with E-state index in [1.165, 1.54) is 0 Å². The molecular formula is C48H54N4O9. The summed E-state index contributed by atoms with van der Waals surface area (Å²) in [6.07, 6.45) is -1.26. The van der Waals surface area contributed by atoms with Gasteiger partial charge >= 0.3 is 0 Å². The van der Waals surface area contributed by atoms with Crippen molar-refractivity contribution in [2.45, 2.75) is 12.2 Å². The van der Waals surface area contributed by atoms with Gasteiger partial charge in [0.15, 0.2) is 23.0 Å². The predicted molar refractivity (Wildman–Crippen MR) is 241 cm³/mol. The van der Waals surface area contributed by atoms with Crippen LogP contribution in [0.4, 0.5) is 0 Å². The lowest BCUT2D eigenvalue weighted by Gasteiger charge is -2.15. The van der Waals surface area contributed by atoms with Crippen molar-refractivity contribution in [3.8, 4) is 34.5 Å². The molecule has 13 nitrogen and oxygen atoms in total. The Balaban J connectivity index is 0.000000201. The highest BCUT2D eigenvalue weighted by Crippen LogP contribution is 2.34. The molecule has 0 unspecified atom stereocenters. The monoisotopic (exact) mass is 830 g/mol. The molecule has 0 aliphatic carbocycles. The van der Waals surface area contributed by atoms with Crippen LogP contribution in [-0.2, 0) is 0 Å². The summed E-state index contributed by atoms with van der Waals surface area (Å²) in [5.41, 5.74) is 4.19. The topological polar surface area (TPSA) is 183 Å². The maximum absolute atomic E-state index is 10.3. The molecular weight excluding hydrogens is 777 g/mol. The van der Waals surface area contributed by atoms with E-state index >= 15 is 0 Å². The van der Waals surface area contributed by atoms with Crippen LogP contribution in [0.2, 0.25) is 0 Å². The van der Waals surface area contributed by atoms with Gasteiger partial charge in [0.1, 0.15) is 50.1 Å². The maximum Gasteiger partial charge on any atom is 0.161 e. The predicted octanol–water partition coefficient (Wildman–Crippen LogP) is 6.65. The van der Waals surface area contributed by atoms with Gasteiger partial charge < -0.3 is 64.7 Å². The third-order valence-electron chi connectivity index (χ3n) is 9.82. The molecule has 13 heteroatoms. The van der Waals surface area contributed by atoms with Crippen molar-refractivity contribution in [2.75, 3.05) is 66.8 Å². The first-order chi connectivity index (χ1) is 29.5. The second-order valence-electron chi connectivity index (χ2n) is 14.0. The van der Waals surface area contributed by atoms with Crippen molar-refractivity contribution in [1.82, 2.24) is 20.6 Å². The zero-order valence-corrected chi connectivity index (χ0v) is 34.4. The van der Waals surface area contributed by atoms with Crippen molar-refractivity contribution in [2.24, 2.45) is 0 Å². The van der Waals surface area contributed by atoms with Crippen LogP contribution in [-0.4, -0.2) is 105 Å². The zero-order chi connectivity index (χ0) is 41.5. The lowest BCUT2D eigenvalue weighted by atomic mass is 10.1. The second-order valence-corrected chi connectivity index (χ2v) is 14.0. The number of H-pyrrole nitrogens is 2. The average Bonchev–Trinajstić information content (AvgIpc) is 3.87. The second kappa shape index (κ2) is 22.2. The van der Waals surface area contributed by atoms with Crippen LogP contribution in [0.1, 0.15) is 0 Å². The molecule has 0 spiro atoms. The van der Waals surface area contributed by atoms with Crippen LogP contribution >= 0.6 is 0 Å². The minimum absolute atomic E-state index is 0. The number of hydrogen-bond donors (Lipinski definition) is 6. The molecule has 2 atom stereocenters. The molecule has 0 saturated carbocycles. The fourth-order valence-electron chi connectivity index (χ4n) is 6.95. The summed E-state index contributed by atoms with van der Waals surface area (Å²) < 4.78 is 33.8. The number of methoxy groups -OCH3 is 2. The van der Waals surface area contributed by atoms with Crippen LogP contribution < -0.4 is 39.1 Å². The maximum atomic E-state index is 10.3. The van der Waals surface area contributed by atoms with Gasteiger partial charge in [-0.25, -0.2) is 0 Å². The van der Waals surface area contributed by atoms with E-state index < -0.39 is 12.2 Å². The first kappa shape index (κ1) is 44.1. The van der Waals surface area contributed by atoms with Gasteiger partial charge in [0.2, 0.25) is 0 Å². The lowest BCUT2D eigenvalue weighted by Crippen LogP contribution is -2.33. The number of para-hydroxylation sites is 6. The third-order valence-corrected chi connectivity index (χ3v) is 9.82. The molecule has 320 valence electrons. The molecule has 8 aromatic rings. The molecule has 0 saturated heterocycles. The summed E-state index contributed by atoms with van der Waals surface area (Å²) in [5.74, 6) is 4.36. The Morgan fingerprint density at radius 3 is 1.23 bits per heavy atom. The molecule has 0 amide bonds. The van der Waals surface area contributed by atoms with E-state index in [0.717, 1.165) is 55.1 Å². The smallest absolute Gasteiger partial charge is 0.161 e. The third kappa shape index (κ3) is 11.4. The highest BCUT2D eigenvalue weighted by Gasteiger charge is 2.13. The fraction of sp³-hybridized carbons (Fsp3) is 0.250. The van der Waals surface area contributed by atoms with Crippen molar-refractivity contribution in [3.05, 3.63) is 133 Å². The zero-order valence-electron chi connectivity index (χ0n) is 34.4. The van der Waals surface area contributed by atoms with Gasteiger partial charge in [-0.1, -0.05) is 72.8 Å². The molecule has 0 aliphatic rings. The van der Waals surface area contributed by atoms with Gasteiger partial charge in [-0.05, 0) is 60.7 Å². The van der Waals surface area contributed by atoms with E-state index in [-0.39, 0.29) is 18.7 Å². The van der Waals surface area contributed by atoms with E-state index in [2.05, 4.69) is 32.7 Å². The fourth-order valence-corrected chi connectivity index (χ4v) is 6.95. The SMILES string of the molecule is COc1ccccc1OCCNC[C@@H](O)COc1cccc2[nH]c3ccccc3c12.COc1ccccc1OCCNC[C@H](O)COc1cccc2[nH]c3ccccc3c12.O. The Morgan fingerprint density at radius 2 is 0.803 bits per heavy atom. The van der Waals surface area contributed by atoms with E-state index in [9.17, 15) is 10.2 Å². The van der Waals surface area contributed by atoms with Gasteiger partial charge in [-0.15, -0.1) is 0 Å². The van der Waals surface area contributed by atoms with Crippen molar-refractivity contribution < 1.29 is 44.1 Å². The number of aromatic amines is 2. The molecule has 2 heterocycles. The Hall–Kier alpha value is -6.48. The van der Waals surface area contributed by atoms with E-state index in [0.29, 0.717) is 62.4 Å². The Morgan fingerprint density at radius 1 is 0.443 bits per heavy atom. The lowest BCUT2D eigenvalue weighted by molar-refractivity contribution is 0.106. The Bertz CT molecular complexity index is 2400. The van der Waals surface area contributed by atoms with Crippen LogP contribution in [0.15, 0.2) is 133 Å². The van der Waals surface area contributed by atoms with Gasteiger partial charge in [-0.3, -0.25) is 0 Å². The normalized spacial score (nSPS) is 12.0. The summed E-state index contributed by atoms with van der Waals surface area (Å²) in [6, 6.07) is 43.2. The molecule has 2 aromatic heterocycles. The summed E-state index contributed by atoms with van der Waals surface area (Å²) >= 11 is 0. The highest BCUT2D eigenvalue weighted by atomic mass is 16.5. The number of fused-ring (bicyclic) bond motifs is 6. The first-order valence-corrected chi connectivity index (χ1v) is 20.1. The molecule has 0 radical (unpaired) electrons. The quantitative estimate of drug-likeness (QED) is 0.0455. The summed E-state index contributed by atoms with van der Waals surface area (Å²) in [5, 5.41) is 31.3. The number of nitrogens with one attached hydrogen (secondary N) is 4. The Labute approximate surface area is 354 Å². The number of aliphatic hydroxyl groups excluding tert-OH is 2. The number of ether oxygens (including phenoxy) is 6. The highest BCUT2D eigenvalue weighted by molar-refractivity contribution is 6.11. The van der Waals surface area contributed by atoms with Crippen LogP contribution in [0.3, 0.4) is 0 Å². The largest absolute Gasteiger partial charge is 0.493 e. The van der Waals surface area contributed by atoms with Gasteiger partial charge in [-0.2, -0.15) is 0 Å². The van der Waals surface area contributed by atoms with Crippen molar-refractivity contribution in [3.63, 3.8) is 0 Å². The number of aromatic nitrogens is 2. The van der Waals surface area contributed by atoms with Crippen molar-refractivity contribution >= 4 is 43.6 Å². The van der Waals surface area contributed by atoms with Crippen molar-refractivity contribution in [1.29, 1.82) is 0 Å². The minimum Gasteiger partial charge on any atom is -0.493 e. The molecule has 61 heavy (non-hydrogen) atoms. The average molecular weight is 831 g/mol. The van der Waals surface area contributed by atoms with E-state index in [1.54, 1.807) is 14.2 Å². The number of benzene rings is 6. The van der Waals surface area contributed by atoms with Gasteiger partial charge in [0.25, 0.3) is 0 Å². The van der Waals surface area contributed by atoms with Crippen LogP contribution in [0.25, 0.3) is 43.6 Å².